The molecule has 1 fully saturated rings. The predicted molar refractivity (Wildman–Crippen MR) is 79.9 cm³/mol. The van der Waals surface area contributed by atoms with E-state index in [0.717, 1.165) is 19.3 Å². The Morgan fingerprint density at radius 2 is 1.65 bits per heavy atom. The van der Waals surface area contributed by atoms with Crippen molar-refractivity contribution in [1.29, 1.82) is 0 Å². The van der Waals surface area contributed by atoms with Crippen molar-refractivity contribution in [3.8, 4) is 0 Å². The van der Waals surface area contributed by atoms with E-state index < -0.39 is 26.1 Å². The lowest BCUT2D eigenvalue weighted by Gasteiger charge is -2.10. The molecule has 1 aliphatic heterocycles. The van der Waals surface area contributed by atoms with E-state index in [2.05, 4.69) is 6.92 Å². The summed E-state index contributed by atoms with van der Waals surface area (Å²) in [7, 11) is -6.67. The molecule has 0 aromatic carbocycles. The summed E-state index contributed by atoms with van der Waals surface area (Å²) in [5, 5.41) is 0. The van der Waals surface area contributed by atoms with Crippen molar-refractivity contribution >= 4 is 20.0 Å². The van der Waals surface area contributed by atoms with E-state index >= 15 is 0 Å². The monoisotopic (exact) mass is 326 g/mol. The molecule has 0 radical (unpaired) electrons. The molecule has 0 N–H and O–H groups in total. The van der Waals surface area contributed by atoms with Crippen LogP contribution in [-0.4, -0.2) is 40.2 Å². The van der Waals surface area contributed by atoms with E-state index in [9.17, 15) is 16.8 Å². The molecule has 0 bridgehead atoms. The van der Waals surface area contributed by atoms with Gasteiger partial charge < -0.3 is 0 Å². The Hall–Kier alpha value is -0.140. The van der Waals surface area contributed by atoms with Crippen LogP contribution in [0.1, 0.15) is 58.3 Å². The molecule has 1 aliphatic rings. The standard InChI is InChI=1S/C13H26O5S2/c1-2-3-4-5-6-7-8-10-20(16,17)18-13-9-11-19(14,15)12-13/h13H,2-12H2,1H3/t13-/m1/s1. The molecule has 0 aliphatic carbocycles. The van der Waals surface area contributed by atoms with Crippen molar-refractivity contribution in [1.82, 2.24) is 0 Å². The average molecular weight is 326 g/mol. The van der Waals surface area contributed by atoms with Gasteiger partial charge in [-0.15, -0.1) is 0 Å². The van der Waals surface area contributed by atoms with E-state index in [4.69, 9.17) is 4.18 Å². The number of unbranched alkanes of at least 4 members (excludes halogenated alkanes) is 6. The molecule has 7 heteroatoms. The number of hydrogen-bond acceptors (Lipinski definition) is 5. The van der Waals surface area contributed by atoms with Crippen LogP contribution in [-0.2, 0) is 24.1 Å². The van der Waals surface area contributed by atoms with Crippen LogP contribution in [0.2, 0.25) is 0 Å². The first-order valence-electron chi connectivity index (χ1n) is 7.46. The van der Waals surface area contributed by atoms with Gasteiger partial charge in [0.1, 0.15) is 0 Å². The second kappa shape index (κ2) is 8.34. The van der Waals surface area contributed by atoms with E-state index in [0.29, 0.717) is 12.8 Å². The second-order valence-electron chi connectivity index (χ2n) is 5.50. The van der Waals surface area contributed by atoms with Crippen LogP contribution in [0.5, 0.6) is 0 Å². The van der Waals surface area contributed by atoms with Gasteiger partial charge in [0.2, 0.25) is 0 Å². The highest BCUT2D eigenvalue weighted by Crippen LogP contribution is 2.18. The van der Waals surface area contributed by atoms with Crippen LogP contribution in [0.15, 0.2) is 0 Å². The van der Waals surface area contributed by atoms with Gasteiger partial charge in [-0.2, -0.15) is 8.42 Å². The lowest BCUT2D eigenvalue weighted by atomic mass is 10.1. The normalized spacial score (nSPS) is 22.1. The number of sulfone groups is 1. The second-order valence-corrected chi connectivity index (χ2v) is 9.45. The first kappa shape index (κ1) is 17.9. The molecule has 0 spiro atoms. The Morgan fingerprint density at radius 1 is 1.05 bits per heavy atom. The summed E-state index contributed by atoms with van der Waals surface area (Å²) in [6.07, 6.45) is 6.93. The average Bonchev–Trinajstić information content (AvgIpc) is 2.66. The first-order chi connectivity index (χ1) is 9.35. The highest BCUT2D eigenvalue weighted by Gasteiger charge is 2.31. The highest BCUT2D eigenvalue weighted by atomic mass is 32.2. The van der Waals surface area contributed by atoms with Gasteiger partial charge >= 0.3 is 0 Å². The predicted octanol–water partition coefficient (Wildman–Crippen LogP) is 2.27. The summed E-state index contributed by atoms with van der Waals surface area (Å²) in [5.74, 6) is -0.134. The third kappa shape index (κ3) is 7.59. The fourth-order valence-electron chi connectivity index (χ4n) is 2.33. The van der Waals surface area contributed by atoms with Gasteiger partial charge in [-0.05, 0) is 12.8 Å². The zero-order chi connectivity index (χ0) is 15.1. The van der Waals surface area contributed by atoms with E-state index in [1.54, 1.807) is 0 Å². The molecular weight excluding hydrogens is 300 g/mol. The van der Waals surface area contributed by atoms with Crippen molar-refractivity contribution in [2.45, 2.75) is 64.4 Å². The van der Waals surface area contributed by atoms with Gasteiger partial charge in [0.25, 0.3) is 10.1 Å². The van der Waals surface area contributed by atoms with Crippen molar-refractivity contribution in [2.75, 3.05) is 17.3 Å². The van der Waals surface area contributed by atoms with Gasteiger partial charge in [-0.3, -0.25) is 4.18 Å². The molecule has 0 saturated carbocycles. The Bertz CT molecular complexity index is 467. The molecule has 0 aromatic rings. The van der Waals surface area contributed by atoms with Crippen molar-refractivity contribution in [2.24, 2.45) is 0 Å². The largest absolute Gasteiger partial charge is 0.267 e. The Morgan fingerprint density at radius 3 is 2.20 bits per heavy atom. The quantitative estimate of drug-likeness (QED) is 0.454. The Labute approximate surface area is 123 Å². The summed E-state index contributed by atoms with van der Waals surface area (Å²) in [5.41, 5.74) is 0. The van der Waals surface area contributed by atoms with Crippen molar-refractivity contribution in [3.63, 3.8) is 0 Å². The summed E-state index contributed by atoms with van der Waals surface area (Å²) in [6, 6.07) is 0. The van der Waals surface area contributed by atoms with Crippen LogP contribution in [0.4, 0.5) is 0 Å². The van der Waals surface area contributed by atoms with Crippen LogP contribution in [0, 0.1) is 0 Å². The summed E-state index contributed by atoms with van der Waals surface area (Å²) >= 11 is 0. The molecule has 1 rings (SSSR count). The van der Waals surface area contributed by atoms with Crippen LogP contribution >= 0.6 is 0 Å². The fourth-order valence-corrected chi connectivity index (χ4v) is 5.24. The maximum absolute atomic E-state index is 11.7. The van der Waals surface area contributed by atoms with E-state index in [1.807, 2.05) is 0 Å². The summed E-state index contributed by atoms with van der Waals surface area (Å²) in [6.45, 7) is 2.16. The minimum absolute atomic E-state index is 0.00265. The molecule has 0 unspecified atom stereocenters. The van der Waals surface area contributed by atoms with Crippen LogP contribution < -0.4 is 0 Å². The summed E-state index contributed by atoms with van der Waals surface area (Å²) in [4.78, 5) is 0. The minimum atomic E-state index is -3.58. The lowest BCUT2D eigenvalue weighted by molar-refractivity contribution is 0.235. The maximum Gasteiger partial charge on any atom is 0.267 e. The molecule has 0 aromatic heterocycles. The number of rotatable bonds is 10. The zero-order valence-corrected chi connectivity index (χ0v) is 13.8. The van der Waals surface area contributed by atoms with Gasteiger partial charge in [-0.25, -0.2) is 8.42 Å². The smallest absolute Gasteiger partial charge is 0.266 e. The van der Waals surface area contributed by atoms with E-state index in [-0.39, 0.29) is 17.3 Å². The third-order valence-electron chi connectivity index (χ3n) is 3.47. The lowest BCUT2D eigenvalue weighted by Crippen LogP contribution is -2.21. The molecule has 0 amide bonds. The Kier molecular flexibility index (Phi) is 7.47. The van der Waals surface area contributed by atoms with Crippen molar-refractivity contribution in [3.05, 3.63) is 0 Å². The van der Waals surface area contributed by atoms with Gasteiger partial charge in [0, 0.05) is 0 Å². The molecule has 120 valence electrons. The van der Waals surface area contributed by atoms with Crippen LogP contribution in [0.3, 0.4) is 0 Å². The zero-order valence-electron chi connectivity index (χ0n) is 12.2. The molecule has 1 atom stereocenters. The minimum Gasteiger partial charge on any atom is -0.266 e. The molecule has 1 saturated heterocycles. The van der Waals surface area contributed by atoms with E-state index in [1.165, 1.54) is 19.3 Å². The van der Waals surface area contributed by atoms with Gasteiger partial charge in [-0.1, -0.05) is 45.4 Å². The van der Waals surface area contributed by atoms with Gasteiger partial charge in [0.15, 0.2) is 9.84 Å². The molecule has 1 heterocycles. The third-order valence-corrected chi connectivity index (χ3v) is 6.56. The fraction of sp³-hybridized carbons (Fsp3) is 1.00. The highest BCUT2D eigenvalue weighted by molar-refractivity contribution is 7.91. The first-order valence-corrected chi connectivity index (χ1v) is 10.9. The number of hydrogen-bond donors (Lipinski definition) is 0. The molecular formula is C13H26O5S2. The Balaban J connectivity index is 2.16. The maximum atomic E-state index is 11.7. The van der Waals surface area contributed by atoms with Crippen molar-refractivity contribution < 1.29 is 21.0 Å². The SMILES string of the molecule is CCCCCCCCCS(=O)(=O)O[C@@H]1CCS(=O)(=O)C1. The summed E-state index contributed by atoms with van der Waals surface area (Å²) < 4.78 is 50.9. The molecule has 20 heavy (non-hydrogen) atoms. The molecule has 5 nitrogen and oxygen atoms in total. The van der Waals surface area contributed by atoms with Gasteiger partial charge in [0.05, 0.1) is 23.4 Å². The van der Waals surface area contributed by atoms with Crippen LogP contribution in [0.25, 0.3) is 0 Å². The topological polar surface area (TPSA) is 77.5 Å².